The van der Waals surface area contributed by atoms with Crippen molar-refractivity contribution in [3.63, 3.8) is 0 Å². The Kier molecular flexibility index (Phi) is 4.05. The highest BCUT2D eigenvalue weighted by atomic mass is 16.3. The van der Waals surface area contributed by atoms with Crippen LogP contribution in [0.4, 0.5) is 0 Å². The number of ketones is 1. The molecule has 5 nitrogen and oxygen atoms in total. The third kappa shape index (κ3) is 2.15. The van der Waals surface area contributed by atoms with E-state index in [1.165, 1.54) is 5.57 Å². The molecule has 4 N–H and O–H groups in total. The largest absolute Gasteiger partial charge is 0.393 e. The number of hydrogen-bond acceptors (Lipinski definition) is 5. The van der Waals surface area contributed by atoms with Gasteiger partial charge in [-0.15, -0.1) is 0 Å². The van der Waals surface area contributed by atoms with Crippen LogP contribution in [0.1, 0.15) is 52.4 Å². The number of aliphatic hydroxyl groups is 4. The molecule has 0 radical (unpaired) electrons. The Bertz CT molecular complexity index is 697. The standard InChI is InChI=1S/C21H30O5/c1-19-7-5-13(23)9-12(19)3-4-14-15-6-8-21(26,17(25)11-22)20(15,2)10-16(24)18(14)19/h3-4,13,15-16,18,22-24,26H,5-11H2,1-2H3/t13-,15-,16-,18+,19-,20-,21+/m0/s1. The first-order chi connectivity index (χ1) is 12.2. The van der Waals surface area contributed by atoms with Crippen LogP contribution in [-0.2, 0) is 4.79 Å². The van der Waals surface area contributed by atoms with Crippen LogP contribution in [-0.4, -0.2) is 50.6 Å². The van der Waals surface area contributed by atoms with E-state index < -0.39 is 29.5 Å². The van der Waals surface area contributed by atoms with Gasteiger partial charge in [0.1, 0.15) is 12.2 Å². The molecule has 0 aromatic carbocycles. The molecule has 0 spiro atoms. The van der Waals surface area contributed by atoms with E-state index in [-0.39, 0.29) is 23.4 Å². The molecule has 4 aliphatic rings. The van der Waals surface area contributed by atoms with E-state index in [1.807, 2.05) is 6.92 Å². The van der Waals surface area contributed by atoms with Gasteiger partial charge in [0.2, 0.25) is 0 Å². The van der Waals surface area contributed by atoms with Crippen molar-refractivity contribution >= 4 is 5.78 Å². The molecule has 0 bridgehead atoms. The van der Waals surface area contributed by atoms with Crippen LogP contribution >= 0.6 is 0 Å². The van der Waals surface area contributed by atoms with Gasteiger partial charge in [-0.25, -0.2) is 0 Å². The van der Waals surface area contributed by atoms with Crippen molar-refractivity contribution in [3.05, 3.63) is 23.3 Å². The molecule has 0 saturated heterocycles. The highest BCUT2D eigenvalue weighted by molar-refractivity contribution is 5.89. The summed E-state index contributed by atoms with van der Waals surface area (Å²) < 4.78 is 0. The predicted octanol–water partition coefficient (Wildman–Crippen LogP) is 1.49. The number of aliphatic hydroxyl groups excluding tert-OH is 3. The van der Waals surface area contributed by atoms with Crippen LogP contribution in [0.3, 0.4) is 0 Å². The van der Waals surface area contributed by atoms with E-state index in [2.05, 4.69) is 19.1 Å². The fourth-order valence-corrected chi connectivity index (χ4v) is 6.71. The molecule has 4 rings (SSSR count). The maximum absolute atomic E-state index is 12.3. The first kappa shape index (κ1) is 18.4. The van der Waals surface area contributed by atoms with E-state index in [0.717, 1.165) is 18.4 Å². The van der Waals surface area contributed by atoms with Crippen LogP contribution in [0.15, 0.2) is 23.3 Å². The van der Waals surface area contributed by atoms with Gasteiger partial charge in [-0.05, 0) is 49.9 Å². The summed E-state index contributed by atoms with van der Waals surface area (Å²) in [6.45, 7) is 3.41. The van der Waals surface area contributed by atoms with Gasteiger partial charge in [-0.2, -0.15) is 0 Å². The first-order valence-electron chi connectivity index (χ1n) is 9.81. The SMILES string of the molecule is C[C@]12CC[C@H](O)CC1=CC=C1[C@@H]2[C@@H](O)C[C@@]2(C)[C@H]1CC[C@@]2(O)C(=O)CO. The topological polar surface area (TPSA) is 98.0 Å². The van der Waals surface area contributed by atoms with Crippen molar-refractivity contribution in [2.75, 3.05) is 6.61 Å². The van der Waals surface area contributed by atoms with Gasteiger partial charge in [0.25, 0.3) is 0 Å². The van der Waals surface area contributed by atoms with Crippen molar-refractivity contribution in [2.24, 2.45) is 22.7 Å². The number of carbonyl (C=O) groups excluding carboxylic acids is 1. The highest BCUT2D eigenvalue weighted by Crippen LogP contribution is 2.65. The minimum absolute atomic E-state index is 0.0258. The molecule has 0 aromatic rings. The Hall–Kier alpha value is -1.01. The van der Waals surface area contributed by atoms with Crippen molar-refractivity contribution in [3.8, 4) is 0 Å². The number of fused-ring (bicyclic) bond motifs is 5. The van der Waals surface area contributed by atoms with Crippen LogP contribution in [0.2, 0.25) is 0 Å². The minimum atomic E-state index is -1.58. The summed E-state index contributed by atoms with van der Waals surface area (Å²) >= 11 is 0. The summed E-state index contributed by atoms with van der Waals surface area (Å²) in [5.41, 5.74) is -0.175. The lowest BCUT2D eigenvalue weighted by Gasteiger charge is -2.57. The second-order valence-electron chi connectivity index (χ2n) is 9.37. The predicted molar refractivity (Wildman–Crippen MR) is 96.1 cm³/mol. The lowest BCUT2D eigenvalue weighted by molar-refractivity contribution is -0.162. The van der Waals surface area contributed by atoms with Crippen molar-refractivity contribution in [2.45, 2.75) is 70.2 Å². The summed E-state index contributed by atoms with van der Waals surface area (Å²) in [5.74, 6) is -0.537. The molecule has 5 heteroatoms. The minimum Gasteiger partial charge on any atom is -0.393 e. The number of allylic oxidation sites excluding steroid dienone is 2. The van der Waals surface area contributed by atoms with E-state index in [0.29, 0.717) is 25.7 Å². The van der Waals surface area contributed by atoms with Crippen molar-refractivity contribution in [1.82, 2.24) is 0 Å². The Morgan fingerprint density at radius 3 is 2.62 bits per heavy atom. The number of Topliss-reactive ketones (excluding diaryl/α,β-unsaturated/α-hetero) is 1. The van der Waals surface area contributed by atoms with Crippen molar-refractivity contribution in [1.29, 1.82) is 0 Å². The van der Waals surface area contributed by atoms with Gasteiger partial charge < -0.3 is 20.4 Å². The molecule has 144 valence electrons. The second kappa shape index (κ2) is 5.74. The van der Waals surface area contributed by atoms with Crippen LogP contribution in [0, 0.1) is 22.7 Å². The maximum Gasteiger partial charge on any atom is 0.190 e. The molecule has 0 amide bonds. The van der Waals surface area contributed by atoms with Gasteiger partial charge in [0, 0.05) is 11.3 Å². The molecular weight excluding hydrogens is 332 g/mol. The lowest BCUT2D eigenvalue weighted by atomic mass is 9.49. The fourth-order valence-electron chi connectivity index (χ4n) is 6.71. The summed E-state index contributed by atoms with van der Waals surface area (Å²) in [5, 5.41) is 41.7. The zero-order chi connectivity index (χ0) is 18.9. The molecular formula is C21H30O5. The Morgan fingerprint density at radius 1 is 1.19 bits per heavy atom. The summed E-state index contributed by atoms with van der Waals surface area (Å²) in [7, 11) is 0. The van der Waals surface area contributed by atoms with Crippen LogP contribution < -0.4 is 0 Å². The van der Waals surface area contributed by atoms with Gasteiger partial charge in [-0.1, -0.05) is 37.1 Å². The summed E-state index contributed by atoms with van der Waals surface area (Å²) in [6.07, 6.45) is 6.80. The number of hydrogen-bond donors (Lipinski definition) is 4. The Balaban J connectivity index is 1.78. The lowest BCUT2D eigenvalue weighted by Crippen LogP contribution is -2.59. The highest BCUT2D eigenvalue weighted by Gasteiger charge is 2.66. The summed E-state index contributed by atoms with van der Waals surface area (Å²) in [4.78, 5) is 12.3. The zero-order valence-electron chi connectivity index (χ0n) is 15.6. The molecule has 3 fully saturated rings. The average molecular weight is 362 g/mol. The van der Waals surface area contributed by atoms with Gasteiger partial charge in [-0.3, -0.25) is 4.79 Å². The van der Waals surface area contributed by atoms with Crippen molar-refractivity contribution < 1.29 is 25.2 Å². The Morgan fingerprint density at radius 2 is 1.92 bits per heavy atom. The molecule has 26 heavy (non-hydrogen) atoms. The van der Waals surface area contributed by atoms with Gasteiger partial charge in [0.15, 0.2) is 5.78 Å². The van der Waals surface area contributed by atoms with E-state index in [9.17, 15) is 25.2 Å². The molecule has 0 heterocycles. The second-order valence-corrected chi connectivity index (χ2v) is 9.37. The molecule has 4 aliphatic carbocycles. The Labute approximate surface area is 154 Å². The smallest absolute Gasteiger partial charge is 0.190 e. The number of rotatable bonds is 2. The third-order valence-corrected chi connectivity index (χ3v) is 8.24. The van der Waals surface area contributed by atoms with E-state index >= 15 is 0 Å². The first-order valence-corrected chi connectivity index (χ1v) is 9.81. The average Bonchev–Trinajstić information content (AvgIpc) is 2.86. The molecule has 0 unspecified atom stereocenters. The monoisotopic (exact) mass is 362 g/mol. The van der Waals surface area contributed by atoms with E-state index in [1.54, 1.807) is 0 Å². The molecule has 0 aliphatic heterocycles. The van der Waals surface area contributed by atoms with Crippen LogP contribution in [0.25, 0.3) is 0 Å². The molecule has 3 saturated carbocycles. The molecule has 7 atom stereocenters. The quantitative estimate of drug-likeness (QED) is 0.597. The normalized spacial score (nSPS) is 50.2. The maximum atomic E-state index is 12.3. The van der Waals surface area contributed by atoms with Gasteiger partial charge >= 0.3 is 0 Å². The zero-order valence-corrected chi connectivity index (χ0v) is 15.6. The van der Waals surface area contributed by atoms with Crippen LogP contribution in [0.5, 0.6) is 0 Å². The third-order valence-electron chi connectivity index (χ3n) is 8.24. The fraction of sp³-hybridized carbons (Fsp3) is 0.762. The number of carbonyl (C=O) groups is 1. The summed E-state index contributed by atoms with van der Waals surface area (Å²) in [6, 6.07) is 0. The van der Waals surface area contributed by atoms with Gasteiger partial charge in [0.05, 0.1) is 12.2 Å². The molecule has 0 aromatic heterocycles. The van der Waals surface area contributed by atoms with E-state index in [4.69, 9.17) is 0 Å².